The van der Waals surface area contributed by atoms with Crippen LogP contribution < -0.4 is 0 Å². The van der Waals surface area contributed by atoms with Gasteiger partial charge in [0.1, 0.15) is 0 Å². The first-order valence-corrected chi connectivity index (χ1v) is 9.57. The van der Waals surface area contributed by atoms with Crippen molar-refractivity contribution in [2.45, 2.75) is 45.1 Å². The lowest BCUT2D eigenvalue weighted by molar-refractivity contribution is 0.138. The van der Waals surface area contributed by atoms with Crippen molar-refractivity contribution in [3.63, 3.8) is 0 Å². The lowest BCUT2D eigenvalue weighted by atomic mass is 9.92. The molecule has 2 atom stereocenters. The van der Waals surface area contributed by atoms with Gasteiger partial charge in [-0.05, 0) is 75.2 Å². The molecule has 0 aliphatic carbocycles. The predicted octanol–water partition coefficient (Wildman–Crippen LogP) is 4.16. The second-order valence-corrected chi connectivity index (χ2v) is 7.36. The van der Waals surface area contributed by atoms with Crippen molar-refractivity contribution < 1.29 is 5.11 Å². The standard InChI is InChI=1S/C22H30N2O/c1-18-9-10-21(17-23-18)22(25)16-20-8-5-13-24(15-12-20)14-11-19-6-3-2-4-7-19/h2-4,6-7,9-10,17,20,22,25H,5,8,11-16H2,1H3. The van der Waals surface area contributed by atoms with Crippen molar-refractivity contribution in [1.82, 2.24) is 9.88 Å². The topological polar surface area (TPSA) is 36.4 Å². The molecule has 0 spiro atoms. The summed E-state index contributed by atoms with van der Waals surface area (Å²) in [5.41, 5.74) is 3.38. The molecule has 3 nitrogen and oxygen atoms in total. The van der Waals surface area contributed by atoms with Gasteiger partial charge in [0, 0.05) is 18.4 Å². The van der Waals surface area contributed by atoms with Crippen LogP contribution in [0.1, 0.15) is 48.6 Å². The molecule has 1 aliphatic rings. The highest BCUT2D eigenvalue weighted by atomic mass is 16.3. The average Bonchev–Trinajstić information content (AvgIpc) is 2.86. The van der Waals surface area contributed by atoms with E-state index in [1.807, 2.05) is 25.3 Å². The number of aliphatic hydroxyl groups is 1. The van der Waals surface area contributed by atoms with E-state index in [0.717, 1.165) is 37.2 Å². The molecule has 134 valence electrons. The maximum atomic E-state index is 10.5. The molecule has 0 bridgehead atoms. The normalized spacial score (nSPS) is 20.2. The zero-order valence-corrected chi connectivity index (χ0v) is 15.3. The third-order valence-corrected chi connectivity index (χ3v) is 5.38. The number of hydrogen-bond donors (Lipinski definition) is 1. The van der Waals surface area contributed by atoms with Crippen LogP contribution in [0, 0.1) is 12.8 Å². The minimum absolute atomic E-state index is 0.381. The summed E-state index contributed by atoms with van der Waals surface area (Å²) in [6, 6.07) is 14.7. The minimum atomic E-state index is -0.381. The van der Waals surface area contributed by atoms with E-state index in [4.69, 9.17) is 0 Å². The predicted molar refractivity (Wildman–Crippen MR) is 102 cm³/mol. The highest BCUT2D eigenvalue weighted by molar-refractivity contribution is 5.16. The SMILES string of the molecule is Cc1ccc(C(O)CC2CCCN(CCc3ccccc3)CC2)cn1. The van der Waals surface area contributed by atoms with Gasteiger partial charge in [-0.2, -0.15) is 0 Å². The van der Waals surface area contributed by atoms with Crippen molar-refractivity contribution in [2.24, 2.45) is 5.92 Å². The molecule has 1 aromatic carbocycles. The quantitative estimate of drug-likeness (QED) is 0.859. The number of rotatable bonds is 6. The molecule has 0 saturated carbocycles. The van der Waals surface area contributed by atoms with Gasteiger partial charge < -0.3 is 10.0 Å². The Kier molecular flexibility index (Phi) is 6.60. The average molecular weight is 338 g/mol. The zero-order valence-electron chi connectivity index (χ0n) is 15.3. The van der Waals surface area contributed by atoms with E-state index < -0.39 is 0 Å². The molecule has 1 fully saturated rings. The van der Waals surface area contributed by atoms with E-state index in [1.165, 1.54) is 31.4 Å². The van der Waals surface area contributed by atoms with Crippen LogP contribution in [0.3, 0.4) is 0 Å². The summed E-state index contributed by atoms with van der Waals surface area (Å²) in [5.74, 6) is 0.609. The Morgan fingerprint density at radius 3 is 2.72 bits per heavy atom. The number of nitrogens with zero attached hydrogens (tertiary/aromatic N) is 2. The number of hydrogen-bond acceptors (Lipinski definition) is 3. The van der Waals surface area contributed by atoms with Crippen molar-refractivity contribution in [1.29, 1.82) is 0 Å². The first-order chi connectivity index (χ1) is 12.2. The summed E-state index contributed by atoms with van der Waals surface area (Å²) in [5, 5.41) is 10.5. The molecule has 3 heteroatoms. The van der Waals surface area contributed by atoms with Gasteiger partial charge in [0.25, 0.3) is 0 Å². The van der Waals surface area contributed by atoms with Gasteiger partial charge in [-0.3, -0.25) is 4.98 Å². The second-order valence-electron chi connectivity index (χ2n) is 7.36. The van der Waals surface area contributed by atoms with Crippen molar-refractivity contribution in [3.05, 3.63) is 65.5 Å². The fourth-order valence-corrected chi connectivity index (χ4v) is 3.74. The van der Waals surface area contributed by atoms with Crippen molar-refractivity contribution >= 4 is 0 Å². The van der Waals surface area contributed by atoms with E-state index in [2.05, 4.69) is 40.2 Å². The van der Waals surface area contributed by atoms with Gasteiger partial charge in [0.05, 0.1) is 6.10 Å². The lowest BCUT2D eigenvalue weighted by Gasteiger charge is -2.21. The highest BCUT2D eigenvalue weighted by Gasteiger charge is 2.20. The summed E-state index contributed by atoms with van der Waals surface area (Å²) >= 11 is 0. The summed E-state index contributed by atoms with van der Waals surface area (Å²) in [4.78, 5) is 6.90. The zero-order chi connectivity index (χ0) is 17.5. The molecule has 2 unspecified atom stereocenters. The third-order valence-electron chi connectivity index (χ3n) is 5.38. The third kappa shape index (κ3) is 5.65. The molecule has 1 aliphatic heterocycles. The Balaban J connectivity index is 1.45. The van der Waals surface area contributed by atoms with Gasteiger partial charge in [-0.15, -0.1) is 0 Å². The molecular weight excluding hydrogens is 308 g/mol. The largest absolute Gasteiger partial charge is 0.388 e. The van der Waals surface area contributed by atoms with Crippen LogP contribution in [-0.4, -0.2) is 34.6 Å². The Morgan fingerprint density at radius 2 is 1.96 bits per heavy atom. The van der Waals surface area contributed by atoms with Gasteiger partial charge in [0.2, 0.25) is 0 Å². The molecule has 2 aromatic rings. The Hall–Kier alpha value is -1.71. The minimum Gasteiger partial charge on any atom is -0.388 e. The summed E-state index contributed by atoms with van der Waals surface area (Å²) < 4.78 is 0. The first kappa shape index (κ1) is 18.1. The van der Waals surface area contributed by atoms with Crippen molar-refractivity contribution in [2.75, 3.05) is 19.6 Å². The fraction of sp³-hybridized carbons (Fsp3) is 0.500. The van der Waals surface area contributed by atoms with Gasteiger partial charge in [-0.1, -0.05) is 36.4 Å². The van der Waals surface area contributed by atoms with E-state index >= 15 is 0 Å². The molecule has 1 aromatic heterocycles. The lowest BCUT2D eigenvalue weighted by Crippen LogP contribution is -2.27. The Morgan fingerprint density at radius 1 is 1.12 bits per heavy atom. The maximum absolute atomic E-state index is 10.5. The van der Waals surface area contributed by atoms with Crippen LogP contribution in [0.5, 0.6) is 0 Å². The fourth-order valence-electron chi connectivity index (χ4n) is 3.74. The number of aromatic nitrogens is 1. The number of pyridine rings is 1. The molecular formula is C22H30N2O. The molecule has 2 heterocycles. The summed E-state index contributed by atoms with van der Waals surface area (Å²) in [7, 11) is 0. The summed E-state index contributed by atoms with van der Waals surface area (Å²) in [6.07, 6.45) is 7.07. The number of likely N-dealkylation sites (tertiary alicyclic amines) is 1. The van der Waals surface area contributed by atoms with Crippen LogP contribution >= 0.6 is 0 Å². The van der Waals surface area contributed by atoms with E-state index in [-0.39, 0.29) is 6.10 Å². The maximum Gasteiger partial charge on any atom is 0.0807 e. The van der Waals surface area contributed by atoms with Gasteiger partial charge in [-0.25, -0.2) is 0 Å². The van der Waals surface area contributed by atoms with E-state index in [0.29, 0.717) is 5.92 Å². The molecule has 0 radical (unpaired) electrons. The number of aryl methyl sites for hydroxylation is 1. The monoisotopic (exact) mass is 338 g/mol. The highest BCUT2D eigenvalue weighted by Crippen LogP contribution is 2.28. The first-order valence-electron chi connectivity index (χ1n) is 9.57. The van der Waals surface area contributed by atoms with Crippen LogP contribution in [0.15, 0.2) is 48.7 Å². The molecule has 25 heavy (non-hydrogen) atoms. The molecule has 1 saturated heterocycles. The molecule has 0 amide bonds. The van der Waals surface area contributed by atoms with E-state index in [1.54, 1.807) is 0 Å². The smallest absolute Gasteiger partial charge is 0.0807 e. The van der Waals surface area contributed by atoms with Gasteiger partial charge in [0.15, 0.2) is 0 Å². The van der Waals surface area contributed by atoms with Crippen LogP contribution in [-0.2, 0) is 6.42 Å². The molecule has 3 rings (SSSR count). The van der Waals surface area contributed by atoms with Crippen LogP contribution in [0.2, 0.25) is 0 Å². The molecule has 1 N–H and O–H groups in total. The second kappa shape index (κ2) is 9.12. The Bertz CT molecular complexity index is 626. The summed E-state index contributed by atoms with van der Waals surface area (Å²) in [6.45, 7) is 5.45. The Labute approximate surface area is 151 Å². The number of aliphatic hydroxyl groups excluding tert-OH is 1. The van der Waals surface area contributed by atoms with Gasteiger partial charge >= 0.3 is 0 Å². The van der Waals surface area contributed by atoms with Crippen LogP contribution in [0.4, 0.5) is 0 Å². The van der Waals surface area contributed by atoms with Crippen molar-refractivity contribution in [3.8, 4) is 0 Å². The van der Waals surface area contributed by atoms with Crippen LogP contribution in [0.25, 0.3) is 0 Å². The van der Waals surface area contributed by atoms with E-state index in [9.17, 15) is 5.11 Å². The number of benzene rings is 1.